The third-order valence-corrected chi connectivity index (χ3v) is 16.3. The van der Waals surface area contributed by atoms with Crippen molar-refractivity contribution in [3.05, 3.63) is 418 Å². The van der Waals surface area contributed by atoms with Crippen LogP contribution in [0.15, 0.2) is 329 Å². The van der Waals surface area contributed by atoms with Crippen molar-refractivity contribution in [3.8, 4) is 22.3 Å². The molecule has 12 aromatic rings. The Bertz CT molecular complexity index is 3640. The fourth-order valence-corrected chi connectivity index (χ4v) is 12.6. The largest absolute Gasteiger partial charge is 0.106 e. The Balaban J connectivity index is 0.00000319. The van der Waals surface area contributed by atoms with Gasteiger partial charge in [0.15, 0.2) is 0 Å². The van der Waals surface area contributed by atoms with Gasteiger partial charge < -0.3 is 0 Å². The first-order valence-electron chi connectivity index (χ1n) is 28.5. The van der Waals surface area contributed by atoms with Gasteiger partial charge >= 0.3 is 0 Å². The molecule has 2 aliphatic rings. The van der Waals surface area contributed by atoms with E-state index in [9.17, 15) is 0 Å². The molecule has 0 aromatic heterocycles. The molecule has 83 heavy (non-hydrogen) atoms. The molecule has 0 bridgehead atoms. The molecule has 0 heterocycles. The van der Waals surface area contributed by atoms with Crippen LogP contribution < -0.4 is 0 Å². The van der Waals surface area contributed by atoms with Crippen molar-refractivity contribution in [3.63, 3.8) is 0 Å². The third kappa shape index (κ3) is 9.99. The second-order valence-electron chi connectivity index (χ2n) is 21.1. The number of fused-ring (bicyclic) bond motifs is 10. The fourth-order valence-electron chi connectivity index (χ4n) is 12.6. The molecule has 0 saturated carbocycles. The molecule has 1 spiro atoms. The molecule has 12 aromatic carbocycles. The third-order valence-electron chi connectivity index (χ3n) is 16.3. The summed E-state index contributed by atoms with van der Waals surface area (Å²) >= 11 is 0. The molecule has 0 radical (unpaired) electrons. The molecule has 392 valence electrons. The number of hydrogen-bond donors (Lipinski definition) is 0. The highest BCUT2D eigenvalue weighted by molar-refractivity contribution is 6.01. The van der Waals surface area contributed by atoms with Gasteiger partial charge in [-0.05, 0) is 182 Å². The second-order valence-corrected chi connectivity index (χ2v) is 21.1. The van der Waals surface area contributed by atoms with Crippen molar-refractivity contribution in [1.29, 1.82) is 0 Å². The van der Waals surface area contributed by atoms with E-state index in [-0.39, 0.29) is 0 Å². The Kier molecular flexibility index (Phi) is 14.5. The first-order chi connectivity index (χ1) is 41.2. The minimum atomic E-state index is -0.727. The zero-order valence-electron chi connectivity index (χ0n) is 46.2. The normalized spacial score (nSPS) is 11.8. The zero-order valence-corrected chi connectivity index (χ0v) is 46.2. The zero-order chi connectivity index (χ0) is 56.0. The Morgan fingerprint density at radius 3 is 0.518 bits per heavy atom. The quantitative estimate of drug-likeness (QED) is 0.0845. The molecular weight excluding hydrogens is 997 g/mol. The highest BCUT2D eigenvalue weighted by atomic mass is 14.5. The number of rotatable bonds is 12. The van der Waals surface area contributed by atoms with Crippen LogP contribution in [0, 0.1) is 0 Å². The smallest absolute Gasteiger partial charge is 0.0726 e. The van der Waals surface area contributed by atoms with Crippen LogP contribution in [0.25, 0.3) is 68.9 Å². The first kappa shape index (κ1) is 51.8. The van der Waals surface area contributed by atoms with Crippen LogP contribution in [0.2, 0.25) is 0 Å². The van der Waals surface area contributed by atoms with Gasteiger partial charge in [0.25, 0.3) is 0 Å². The van der Waals surface area contributed by atoms with Gasteiger partial charge in [-0.1, -0.05) is 291 Å². The van der Waals surface area contributed by atoms with Gasteiger partial charge in [0, 0.05) is 0 Å². The Morgan fingerprint density at radius 1 is 0.205 bits per heavy atom. The Hall–Kier alpha value is -10.7. The van der Waals surface area contributed by atoms with Crippen molar-refractivity contribution in [2.24, 2.45) is 0 Å². The molecule has 0 heteroatoms. The lowest BCUT2D eigenvalue weighted by Crippen LogP contribution is -2.26. The van der Waals surface area contributed by atoms with Crippen LogP contribution in [-0.2, 0) is 5.41 Å². The van der Waals surface area contributed by atoms with Crippen molar-refractivity contribution >= 4 is 46.6 Å². The second kappa shape index (κ2) is 23.2. The standard InChI is InChI=1S/C81H56.C2H4/c1-9-25-61(26-10-1)73(62-27-11-2-12-28-62)49-57-41-45-69-70-46-42-58(50-74(63-29-13-3-14-30-63)64-31-15-4-16-32-64)54-78(70)81(77(69)53-57)79-55-59(51-75(65-33-17-5-18-34-65)66-35-19-6-20-36-66)43-47-71(79)72-48-44-60(56-80(72)81)52-76(67-37-21-7-22-38-67)68-39-23-8-24-40-68;1-2/h1-56H;1-2H2. The number of benzene rings is 12. The Labute approximate surface area is 489 Å². The summed E-state index contributed by atoms with van der Waals surface area (Å²) in [7, 11) is 0. The highest BCUT2D eigenvalue weighted by Crippen LogP contribution is 2.64. The lowest BCUT2D eigenvalue weighted by molar-refractivity contribution is 0.792. The van der Waals surface area contributed by atoms with Crippen LogP contribution in [0.5, 0.6) is 0 Å². The van der Waals surface area contributed by atoms with Crippen LogP contribution in [0.3, 0.4) is 0 Å². The van der Waals surface area contributed by atoms with E-state index in [0.29, 0.717) is 0 Å². The van der Waals surface area contributed by atoms with Crippen LogP contribution in [0.1, 0.15) is 89.0 Å². The van der Waals surface area contributed by atoms with E-state index < -0.39 is 5.41 Å². The average Bonchev–Trinajstić information content (AvgIpc) is 3.73. The monoisotopic (exact) mass is 1060 g/mol. The molecule has 0 fully saturated rings. The van der Waals surface area contributed by atoms with Gasteiger partial charge in [-0.3, -0.25) is 0 Å². The van der Waals surface area contributed by atoms with E-state index in [2.05, 4.69) is 353 Å². The molecule has 0 saturated heterocycles. The minimum Gasteiger partial charge on any atom is -0.106 e. The summed E-state index contributed by atoms with van der Waals surface area (Å²) in [5.74, 6) is 0. The lowest BCUT2D eigenvalue weighted by atomic mass is 9.69. The van der Waals surface area contributed by atoms with Crippen LogP contribution in [0.4, 0.5) is 0 Å². The minimum absolute atomic E-state index is 0.727. The SMILES string of the molecule is C(=C(c1ccccc1)c1ccccc1)c1ccc2c(c1)C1(c3cc(C=C(c4ccccc4)c4ccccc4)ccc3-2)c2cc(C=C(c3ccccc3)c3ccccc3)ccc2-c2ccc(C=C(c3ccccc3)c3ccccc3)cc21.C=C. The van der Waals surface area contributed by atoms with E-state index in [1.54, 1.807) is 0 Å². The summed E-state index contributed by atoms with van der Waals surface area (Å²) in [6.07, 6.45) is 9.59. The van der Waals surface area contributed by atoms with E-state index in [0.717, 1.165) is 22.3 Å². The van der Waals surface area contributed by atoms with Crippen molar-refractivity contribution < 1.29 is 0 Å². The van der Waals surface area contributed by atoms with Crippen molar-refractivity contribution in [2.75, 3.05) is 0 Å². The lowest BCUT2D eigenvalue weighted by Gasteiger charge is -2.31. The molecule has 0 unspecified atom stereocenters. The summed E-state index contributed by atoms with van der Waals surface area (Å²) in [4.78, 5) is 0. The van der Waals surface area contributed by atoms with Gasteiger partial charge in [0.2, 0.25) is 0 Å². The highest BCUT2D eigenvalue weighted by Gasteiger charge is 2.52. The predicted octanol–water partition coefficient (Wildman–Crippen LogP) is 21.2. The van der Waals surface area contributed by atoms with Crippen LogP contribution >= 0.6 is 0 Å². The maximum Gasteiger partial charge on any atom is 0.0726 e. The average molecular weight is 1060 g/mol. The molecule has 0 atom stereocenters. The maximum atomic E-state index is 3.00. The summed E-state index contributed by atoms with van der Waals surface area (Å²) in [5.41, 5.74) is 28.1. The molecule has 0 amide bonds. The van der Waals surface area contributed by atoms with Crippen molar-refractivity contribution in [1.82, 2.24) is 0 Å². The maximum absolute atomic E-state index is 3.00. The Morgan fingerprint density at radius 2 is 0.361 bits per heavy atom. The van der Waals surface area contributed by atoms with E-state index in [1.165, 1.54) is 111 Å². The number of hydrogen-bond acceptors (Lipinski definition) is 0. The van der Waals surface area contributed by atoms with E-state index in [1.807, 2.05) is 0 Å². The predicted molar refractivity (Wildman–Crippen MR) is 353 cm³/mol. The molecular formula is C83H60. The fraction of sp³-hybridized carbons (Fsp3) is 0.0120. The first-order valence-corrected chi connectivity index (χ1v) is 28.5. The van der Waals surface area contributed by atoms with E-state index >= 15 is 0 Å². The molecule has 0 N–H and O–H groups in total. The topological polar surface area (TPSA) is 0 Å². The molecule has 2 aliphatic carbocycles. The summed E-state index contributed by atoms with van der Waals surface area (Å²) in [6.45, 7) is 6.00. The van der Waals surface area contributed by atoms with E-state index in [4.69, 9.17) is 0 Å². The summed E-state index contributed by atoms with van der Waals surface area (Å²) < 4.78 is 0. The summed E-state index contributed by atoms with van der Waals surface area (Å²) in [5, 5.41) is 0. The van der Waals surface area contributed by atoms with Gasteiger partial charge in [-0.2, -0.15) is 0 Å². The van der Waals surface area contributed by atoms with Gasteiger partial charge in [-0.15, -0.1) is 13.2 Å². The van der Waals surface area contributed by atoms with Gasteiger partial charge in [-0.25, -0.2) is 0 Å². The summed E-state index contributed by atoms with van der Waals surface area (Å²) in [6, 6.07) is 116. The molecule has 0 nitrogen and oxygen atoms in total. The molecule has 14 rings (SSSR count). The molecule has 0 aliphatic heterocycles. The van der Waals surface area contributed by atoms with Crippen molar-refractivity contribution in [2.45, 2.75) is 5.41 Å². The van der Waals surface area contributed by atoms with Crippen LogP contribution in [-0.4, -0.2) is 0 Å². The van der Waals surface area contributed by atoms with Gasteiger partial charge in [0.1, 0.15) is 0 Å². The van der Waals surface area contributed by atoms with Gasteiger partial charge in [0.05, 0.1) is 5.41 Å².